The highest BCUT2D eigenvalue weighted by Gasteiger charge is 2.20. The fraction of sp³-hybridized carbons (Fsp3) is 0.538. The van der Waals surface area contributed by atoms with Crippen LogP contribution in [0.5, 0.6) is 0 Å². The van der Waals surface area contributed by atoms with Crippen LogP contribution in [0, 0.1) is 12.7 Å². The molecule has 0 aliphatic carbocycles. The van der Waals surface area contributed by atoms with Gasteiger partial charge < -0.3 is 10.5 Å². The van der Waals surface area contributed by atoms with E-state index in [-0.39, 0.29) is 35.2 Å². The molecule has 1 aromatic rings. The third-order valence-corrected chi connectivity index (χ3v) is 4.33. The van der Waals surface area contributed by atoms with Crippen LogP contribution < -0.4 is 10.5 Å². The Labute approximate surface area is 119 Å². The number of benzene rings is 1. The zero-order valence-corrected chi connectivity index (χ0v) is 12.8. The minimum atomic E-state index is -3.71. The molecular formula is C13H21FN2O3S. The average molecular weight is 304 g/mol. The molecule has 0 fully saturated rings. The van der Waals surface area contributed by atoms with Crippen LogP contribution in [0.15, 0.2) is 17.0 Å². The lowest BCUT2D eigenvalue weighted by molar-refractivity contribution is 0.133. The van der Waals surface area contributed by atoms with Crippen molar-refractivity contribution in [2.45, 2.75) is 38.3 Å². The van der Waals surface area contributed by atoms with Crippen LogP contribution in [-0.4, -0.2) is 27.7 Å². The van der Waals surface area contributed by atoms with Crippen LogP contribution in [0.1, 0.15) is 25.0 Å². The van der Waals surface area contributed by atoms with Crippen LogP contribution >= 0.6 is 0 Å². The fourth-order valence-electron chi connectivity index (χ4n) is 1.77. The maximum absolute atomic E-state index is 13.7. The van der Waals surface area contributed by atoms with E-state index in [4.69, 9.17) is 10.5 Å². The normalized spacial score (nSPS) is 13.4. The molecule has 0 aromatic heterocycles. The van der Waals surface area contributed by atoms with Gasteiger partial charge in [-0.2, -0.15) is 0 Å². The van der Waals surface area contributed by atoms with E-state index in [0.29, 0.717) is 6.61 Å². The largest absolute Gasteiger partial charge is 0.380 e. The van der Waals surface area contributed by atoms with Gasteiger partial charge in [-0.25, -0.2) is 17.5 Å². The molecule has 3 N–H and O–H groups in total. The maximum Gasteiger partial charge on any atom is 0.240 e. The standard InChI is InChI=1S/C13H21FN2O3S/c1-4-19-8-10(3)16-20(17,18)12-5-9(2)13(14)11(6-12)7-15/h5-6,10,16H,4,7-8,15H2,1-3H3. The molecule has 0 amide bonds. The summed E-state index contributed by atoms with van der Waals surface area (Å²) in [6, 6.07) is 2.19. The van der Waals surface area contributed by atoms with Crippen molar-refractivity contribution in [3.05, 3.63) is 29.1 Å². The van der Waals surface area contributed by atoms with Gasteiger partial charge in [0.1, 0.15) is 5.82 Å². The van der Waals surface area contributed by atoms with E-state index in [0.717, 1.165) is 0 Å². The Balaban J connectivity index is 3.01. The lowest BCUT2D eigenvalue weighted by Gasteiger charge is -2.15. The molecule has 0 saturated carbocycles. The monoisotopic (exact) mass is 304 g/mol. The van der Waals surface area contributed by atoms with Crippen molar-refractivity contribution in [2.75, 3.05) is 13.2 Å². The van der Waals surface area contributed by atoms with E-state index in [2.05, 4.69) is 4.72 Å². The minimum Gasteiger partial charge on any atom is -0.380 e. The van der Waals surface area contributed by atoms with E-state index in [1.165, 1.54) is 19.1 Å². The molecule has 0 saturated heterocycles. The maximum atomic E-state index is 13.7. The second-order valence-electron chi connectivity index (χ2n) is 4.60. The Morgan fingerprint density at radius 3 is 2.65 bits per heavy atom. The number of nitrogens with two attached hydrogens (primary N) is 1. The number of hydrogen-bond acceptors (Lipinski definition) is 4. The van der Waals surface area contributed by atoms with E-state index in [1.54, 1.807) is 6.92 Å². The molecule has 20 heavy (non-hydrogen) atoms. The minimum absolute atomic E-state index is 0.0141. The molecule has 1 rings (SSSR count). The van der Waals surface area contributed by atoms with Crippen molar-refractivity contribution in [1.29, 1.82) is 0 Å². The van der Waals surface area contributed by atoms with Crippen LogP contribution in [0.2, 0.25) is 0 Å². The molecule has 1 aromatic carbocycles. The van der Waals surface area contributed by atoms with Gasteiger partial charge in [0.05, 0.1) is 11.5 Å². The van der Waals surface area contributed by atoms with Crippen LogP contribution in [0.3, 0.4) is 0 Å². The Morgan fingerprint density at radius 1 is 1.45 bits per heavy atom. The van der Waals surface area contributed by atoms with Crippen LogP contribution in [0.25, 0.3) is 0 Å². The second-order valence-corrected chi connectivity index (χ2v) is 6.31. The molecule has 0 aliphatic heterocycles. The molecule has 0 heterocycles. The third-order valence-electron chi connectivity index (χ3n) is 2.76. The zero-order valence-electron chi connectivity index (χ0n) is 11.9. The quantitative estimate of drug-likeness (QED) is 0.795. The Hall–Kier alpha value is -1.02. The van der Waals surface area contributed by atoms with Crippen molar-refractivity contribution in [3.63, 3.8) is 0 Å². The van der Waals surface area contributed by atoms with Gasteiger partial charge in [-0.05, 0) is 38.5 Å². The zero-order chi connectivity index (χ0) is 15.3. The number of hydrogen-bond donors (Lipinski definition) is 2. The van der Waals surface area contributed by atoms with E-state index in [9.17, 15) is 12.8 Å². The molecule has 5 nitrogen and oxygen atoms in total. The van der Waals surface area contributed by atoms with E-state index < -0.39 is 15.8 Å². The van der Waals surface area contributed by atoms with Crippen LogP contribution in [-0.2, 0) is 21.3 Å². The topological polar surface area (TPSA) is 81.4 Å². The lowest BCUT2D eigenvalue weighted by atomic mass is 10.1. The van der Waals surface area contributed by atoms with Crippen molar-refractivity contribution in [3.8, 4) is 0 Å². The second kappa shape index (κ2) is 7.12. The Morgan fingerprint density at radius 2 is 2.10 bits per heavy atom. The lowest BCUT2D eigenvalue weighted by Crippen LogP contribution is -2.36. The SMILES string of the molecule is CCOCC(C)NS(=O)(=O)c1cc(C)c(F)c(CN)c1. The molecule has 1 atom stereocenters. The molecule has 0 spiro atoms. The molecule has 7 heteroatoms. The number of nitrogens with one attached hydrogen (secondary N) is 1. The summed E-state index contributed by atoms with van der Waals surface area (Å²) < 4.78 is 45.7. The first-order chi connectivity index (χ1) is 9.31. The van der Waals surface area contributed by atoms with Crippen LogP contribution in [0.4, 0.5) is 4.39 Å². The smallest absolute Gasteiger partial charge is 0.240 e. The number of aryl methyl sites for hydroxylation is 1. The summed E-state index contributed by atoms with van der Waals surface area (Å²) in [5.41, 5.74) is 5.86. The number of sulfonamides is 1. The average Bonchev–Trinajstić information content (AvgIpc) is 2.38. The number of ether oxygens (including phenoxy) is 1. The Bertz CT molecular complexity index is 561. The molecule has 0 radical (unpaired) electrons. The van der Waals surface area contributed by atoms with Gasteiger partial charge in [-0.3, -0.25) is 0 Å². The number of rotatable bonds is 7. The predicted octanol–water partition coefficient (Wildman–Crippen LogP) is 1.30. The van der Waals surface area contributed by atoms with Crippen molar-refractivity contribution in [1.82, 2.24) is 4.72 Å². The van der Waals surface area contributed by atoms with Gasteiger partial charge in [0, 0.05) is 24.8 Å². The first-order valence-electron chi connectivity index (χ1n) is 6.41. The summed E-state index contributed by atoms with van der Waals surface area (Å²) in [4.78, 5) is 0.0141. The van der Waals surface area contributed by atoms with Gasteiger partial charge in [0.15, 0.2) is 0 Å². The highest BCUT2D eigenvalue weighted by molar-refractivity contribution is 7.89. The predicted molar refractivity (Wildman–Crippen MR) is 75.3 cm³/mol. The van der Waals surface area contributed by atoms with Crippen molar-refractivity contribution in [2.24, 2.45) is 5.73 Å². The summed E-state index contributed by atoms with van der Waals surface area (Å²) in [6.07, 6.45) is 0. The third kappa shape index (κ3) is 4.24. The van der Waals surface area contributed by atoms with E-state index in [1.807, 2.05) is 6.92 Å². The summed E-state index contributed by atoms with van der Waals surface area (Å²) in [5, 5.41) is 0. The summed E-state index contributed by atoms with van der Waals surface area (Å²) in [7, 11) is -3.71. The van der Waals surface area contributed by atoms with Crippen molar-refractivity contribution >= 4 is 10.0 Å². The highest BCUT2D eigenvalue weighted by Crippen LogP contribution is 2.19. The van der Waals surface area contributed by atoms with Gasteiger partial charge in [0.25, 0.3) is 0 Å². The fourth-order valence-corrected chi connectivity index (χ4v) is 3.14. The number of halogens is 1. The van der Waals surface area contributed by atoms with Crippen molar-refractivity contribution < 1.29 is 17.5 Å². The Kier molecular flexibility index (Phi) is 6.07. The molecule has 0 bridgehead atoms. The van der Waals surface area contributed by atoms with Gasteiger partial charge >= 0.3 is 0 Å². The summed E-state index contributed by atoms with van der Waals surface area (Å²) >= 11 is 0. The molecule has 0 aliphatic rings. The van der Waals surface area contributed by atoms with Gasteiger partial charge in [-0.1, -0.05) is 0 Å². The highest BCUT2D eigenvalue weighted by atomic mass is 32.2. The first kappa shape index (κ1) is 17.0. The summed E-state index contributed by atoms with van der Waals surface area (Å²) in [5.74, 6) is -0.464. The van der Waals surface area contributed by atoms with E-state index >= 15 is 0 Å². The molecular weight excluding hydrogens is 283 g/mol. The molecule has 1 unspecified atom stereocenters. The van der Waals surface area contributed by atoms with Gasteiger partial charge in [0.2, 0.25) is 10.0 Å². The molecule has 114 valence electrons. The summed E-state index contributed by atoms with van der Waals surface area (Å²) in [6.45, 7) is 5.78. The first-order valence-corrected chi connectivity index (χ1v) is 7.89. The van der Waals surface area contributed by atoms with Gasteiger partial charge in [-0.15, -0.1) is 0 Å².